The zero-order valence-corrected chi connectivity index (χ0v) is 18.7. The van der Waals surface area contributed by atoms with Crippen LogP contribution in [0.1, 0.15) is 28.2 Å². The van der Waals surface area contributed by atoms with Gasteiger partial charge in [0.2, 0.25) is 0 Å². The van der Waals surface area contributed by atoms with E-state index in [1.54, 1.807) is 0 Å². The van der Waals surface area contributed by atoms with E-state index in [2.05, 4.69) is 72.6 Å². The van der Waals surface area contributed by atoms with Gasteiger partial charge >= 0.3 is 0 Å². The molecule has 0 saturated carbocycles. The molecule has 0 amide bonds. The molecule has 0 aliphatic carbocycles. The maximum Gasteiger partial charge on any atom is 0.0468 e. The van der Waals surface area contributed by atoms with Gasteiger partial charge in [0.15, 0.2) is 0 Å². The van der Waals surface area contributed by atoms with Crippen molar-refractivity contribution in [3.63, 3.8) is 0 Å². The summed E-state index contributed by atoms with van der Waals surface area (Å²) in [6, 6.07) is 23.4. The van der Waals surface area contributed by atoms with Crippen molar-refractivity contribution < 1.29 is 0 Å². The third-order valence-electron chi connectivity index (χ3n) is 5.00. The third-order valence-corrected chi connectivity index (χ3v) is 6.62. The Morgan fingerprint density at radius 2 is 1.79 bits per heavy atom. The van der Waals surface area contributed by atoms with Crippen LogP contribution in [0.3, 0.4) is 0 Å². The van der Waals surface area contributed by atoms with E-state index in [9.17, 15) is 0 Å². The quantitative estimate of drug-likeness (QED) is 0.384. The lowest BCUT2D eigenvalue weighted by Gasteiger charge is -2.33. The van der Waals surface area contributed by atoms with Gasteiger partial charge in [0.25, 0.3) is 0 Å². The zero-order valence-electron chi connectivity index (χ0n) is 15.6. The molecule has 1 nitrogen and oxygen atoms in total. The number of hydrogen-bond donors (Lipinski definition) is 0. The lowest BCUT2D eigenvalue weighted by Crippen LogP contribution is -2.31. The average Bonchev–Trinajstić information content (AvgIpc) is 2.67. The van der Waals surface area contributed by atoms with Crippen LogP contribution in [-0.2, 0) is 12.3 Å². The molecule has 0 spiro atoms. The van der Waals surface area contributed by atoms with Gasteiger partial charge in [-0.15, -0.1) is 24.2 Å². The first kappa shape index (κ1) is 21.5. The lowest BCUT2D eigenvalue weighted by molar-refractivity contribution is 0.295. The Morgan fingerprint density at radius 3 is 2.57 bits per heavy atom. The molecular weight excluding hydrogens is 429 g/mol. The van der Waals surface area contributed by atoms with Crippen LogP contribution in [0, 0.1) is 0 Å². The lowest BCUT2D eigenvalue weighted by atomic mass is 9.85. The summed E-state index contributed by atoms with van der Waals surface area (Å²) >= 11 is 14.7. The fourth-order valence-corrected chi connectivity index (χ4v) is 5.18. The monoisotopic (exact) mass is 449 g/mol. The molecular formula is C23H22Cl3NS. The third kappa shape index (κ3) is 4.87. The summed E-state index contributed by atoms with van der Waals surface area (Å²) in [6.07, 6.45) is 0. The number of rotatable bonds is 4. The second-order valence-electron chi connectivity index (χ2n) is 7.05. The molecule has 0 bridgehead atoms. The Kier molecular flexibility index (Phi) is 7.36. The highest BCUT2D eigenvalue weighted by Gasteiger charge is 2.27. The van der Waals surface area contributed by atoms with Gasteiger partial charge in [0.05, 0.1) is 0 Å². The predicted octanol–water partition coefficient (Wildman–Crippen LogP) is 7.28. The van der Waals surface area contributed by atoms with Gasteiger partial charge in [-0.1, -0.05) is 65.7 Å². The summed E-state index contributed by atoms with van der Waals surface area (Å²) in [4.78, 5) is 3.62. The minimum Gasteiger partial charge on any atom is -0.301 e. The van der Waals surface area contributed by atoms with Crippen molar-refractivity contribution >= 4 is 47.4 Å². The van der Waals surface area contributed by atoms with Crippen molar-refractivity contribution in [1.29, 1.82) is 0 Å². The molecule has 3 aromatic rings. The number of halogens is 3. The van der Waals surface area contributed by atoms with E-state index in [0.29, 0.717) is 5.02 Å². The number of hydrogen-bond acceptors (Lipinski definition) is 2. The minimum atomic E-state index is 0. The van der Waals surface area contributed by atoms with Gasteiger partial charge in [0.1, 0.15) is 0 Å². The Bertz CT molecular complexity index is 946. The van der Waals surface area contributed by atoms with E-state index >= 15 is 0 Å². The highest BCUT2D eigenvalue weighted by Crippen LogP contribution is 2.39. The molecule has 0 radical (unpaired) electrons. The normalized spacial score (nSPS) is 16.3. The van der Waals surface area contributed by atoms with E-state index in [1.165, 1.54) is 27.1 Å². The van der Waals surface area contributed by atoms with Crippen LogP contribution in [0.4, 0.5) is 0 Å². The Morgan fingerprint density at radius 1 is 1.00 bits per heavy atom. The van der Waals surface area contributed by atoms with Gasteiger partial charge in [0, 0.05) is 39.7 Å². The van der Waals surface area contributed by atoms with Crippen molar-refractivity contribution in [2.24, 2.45) is 0 Å². The van der Waals surface area contributed by atoms with E-state index in [4.69, 9.17) is 23.2 Å². The number of thioether (sulfide) groups is 1. The van der Waals surface area contributed by atoms with Crippen molar-refractivity contribution in [3.8, 4) is 0 Å². The SMILES string of the molecule is CN1Cc2c(Cl)cc(Cl)cc2[C@H](c2cccc(SCc3ccccc3)c2)C1.Cl. The highest BCUT2D eigenvalue weighted by atomic mass is 35.5. The summed E-state index contributed by atoms with van der Waals surface area (Å²) in [6.45, 7) is 1.83. The molecule has 146 valence electrons. The molecule has 0 unspecified atom stereocenters. The number of fused-ring (bicyclic) bond motifs is 1. The van der Waals surface area contributed by atoms with E-state index in [-0.39, 0.29) is 18.3 Å². The van der Waals surface area contributed by atoms with Crippen LogP contribution in [0.5, 0.6) is 0 Å². The van der Waals surface area contributed by atoms with Crippen LogP contribution in [0.25, 0.3) is 0 Å². The van der Waals surface area contributed by atoms with Gasteiger partial charge < -0.3 is 4.90 Å². The maximum absolute atomic E-state index is 6.50. The first-order valence-electron chi connectivity index (χ1n) is 9.03. The van der Waals surface area contributed by atoms with Gasteiger partial charge in [-0.3, -0.25) is 0 Å². The first-order chi connectivity index (χ1) is 13.1. The molecule has 1 atom stereocenters. The molecule has 28 heavy (non-hydrogen) atoms. The Hall–Kier alpha value is -1.16. The summed E-state index contributed by atoms with van der Waals surface area (Å²) in [5, 5.41) is 1.48. The predicted molar refractivity (Wildman–Crippen MR) is 124 cm³/mol. The van der Waals surface area contributed by atoms with Crippen molar-refractivity contribution in [2.75, 3.05) is 13.6 Å². The second-order valence-corrected chi connectivity index (χ2v) is 8.94. The van der Waals surface area contributed by atoms with E-state index < -0.39 is 0 Å². The van der Waals surface area contributed by atoms with Crippen molar-refractivity contribution in [3.05, 3.63) is 99.0 Å². The molecule has 0 N–H and O–H groups in total. The van der Waals surface area contributed by atoms with Crippen LogP contribution in [0.2, 0.25) is 10.0 Å². The zero-order chi connectivity index (χ0) is 18.8. The van der Waals surface area contributed by atoms with Crippen molar-refractivity contribution in [1.82, 2.24) is 4.90 Å². The smallest absolute Gasteiger partial charge is 0.0468 e. The molecule has 1 aliphatic heterocycles. The molecule has 5 heteroatoms. The first-order valence-corrected chi connectivity index (χ1v) is 10.8. The average molecular weight is 451 g/mol. The Balaban J connectivity index is 0.00000225. The molecule has 3 aromatic carbocycles. The molecule has 1 aliphatic rings. The van der Waals surface area contributed by atoms with E-state index in [0.717, 1.165) is 23.9 Å². The van der Waals surface area contributed by atoms with Gasteiger partial charge in [-0.2, -0.15) is 0 Å². The van der Waals surface area contributed by atoms with Crippen LogP contribution in [0.15, 0.2) is 71.6 Å². The van der Waals surface area contributed by atoms with E-state index in [1.807, 2.05) is 17.8 Å². The largest absolute Gasteiger partial charge is 0.301 e. The van der Waals surface area contributed by atoms with Crippen molar-refractivity contribution in [2.45, 2.75) is 23.1 Å². The topological polar surface area (TPSA) is 3.24 Å². The molecule has 1 heterocycles. The minimum absolute atomic E-state index is 0. The summed E-state index contributed by atoms with van der Waals surface area (Å²) in [5.41, 5.74) is 5.12. The molecule has 0 aromatic heterocycles. The highest BCUT2D eigenvalue weighted by molar-refractivity contribution is 7.98. The second kappa shape index (κ2) is 9.56. The molecule has 0 saturated heterocycles. The fraction of sp³-hybridized carbons (Fsp3) is 0.217. The van der Waals surface area contributed by atoms with Gasteiger partial charge in [-0.25, -0.2) is 0 Å². The van der Waals surface area contributed by atoms with Crippen LogP contribution >= 0.6 is 47.4 Å². The fourth-order valence-electron chi connectivity index (χ4n) is 3.69. The maximum atomic E-state index is 6.50. The Labute approximate surface area is 187 Å². The van der Waals surface area contributed by atoms with Crippen LogP contribution < -0.4 is 0 Å². The molecule has 0 fully saturated rings. The van der Waals surface area contributed by atoms with Crippen LogP contribution in [-0.4, -0.2) is 18.5 Å². The molecule has 4 rings (SSSR count). The number of likely N-dealkylation sites (N-methyl/N-ethyl adjacent to an activating group) is 1. The number of benzene rings is 3. The summed E-state index contributed by atoms with van der Waals surface area (Å²) < 4.78 is 0. The summed E-state index contributed by atoms with van der Waals surface area (Å²) in [5.74, 6) is 1.26. The van der Waals surface area contributed by atoms with Gasteiger partial charge in [-0.05, 0) is 53.6 Å². The summed E-state index contributed by atoms with van der Waals surface area (Å²) in [7, 11) is 2.15. The number of nitrogens with zero attached hydrogens (tertiary/aromatic N) is 1. The standard InChI is InChI=1S/C23H21Cl2NS.ClH/c1-26-13-21(20-11-18(24)12-23(25)22(20)14-26)17-8-5-9-19(10-17)27-15-16-6-3-2-4-7-16;/h2-12,21H,13-15H2,1H3;1H/t21-;/m0./s1.